The molecular weight excluding hydrogens is 366 g/mol. The molecule has 2 amide bonds. The average molecular weight is 400 g/mol. The molecule has 2 heterocycles. The number of carbonyl (C=O) groups is 2. The van der Waals surface area contributed by atoms with E-state index < -0.39 is 0 Å². The summed E-state index contributed by atoms with van der Waals surface area (Å²) in [6.45, 7) is 10.6. The summed E-state index contributed by atoms with van der Waals surface area (Å²) in [7, 11) is 0. The molecule has 2 atom stereocenters. The first-order valence-corrected chi connectivity index (χ1v) is 10.8. The number of hydrogen-bond donors (Lipinski definition) is 1. The van der Waals surface area contributed by atoms with Gasteiger partial charge in [0, 0.05) is 36.9 Å². The van der Waals surface area contributed by atoms with Crippen molar-refractivity contribution in [3.63, 3.8) is 0 Å². The molecule has 6 heteroatoms. The lowest BCUT2D eigenvalue weighted by molar-refractivity contribution is -0.133. The monoisotopic (exact) mass is 399 g/mol. The number of amides is 2. The molecule has 0 aromatic heterocycles. The van der Waals surface area contributed by atoms with Crippen molar-refractivity contribution in [2.75, 3.05) is 44.7 Å². The fourth-order valence-electron chi connectivity index (χ4n) is 5.70. The zero-order valence-electron chi connectivity index (χ0n) is 17.9. The summed E-state index contributed by atoms with van der Waals surface area (Å²) >= 11 is 0. The van der Waals surface area contributed by atoms with Crippen molar-refractivity contribution in [2.45, 2.75) is 46.1 Å². The standard InChI is InChI=1S/C23H33N3O3/c1-22(2)12-19-13-23(3,15-22)16-26(19)21(28)17-4-6-18(7-5-17)24-14-20(27)25-8-10-29-11-9-25/h4-7,19,24H,8-16H2,1-3H3. The molecule has 1 aromatic carbocycles. The van der Waals surface area contributed by atoms with Gasteiger partial charge in [-0.1, -0.05) is 20.8 Å². The highest BCUT2D eigenvalue weighted by Crippen LogP contribution is 2.52. The minimum absolute atomic E-state index is 0.0775. The number of fused-ring (bicyclic) bond motifs is 2. The number of morpholine rings is 1. The maximum absolute atomic E-state index is 13.2. The molecule has 0 spiro atoms. The highest BCUT2D eigenvalue weighted by molar-refractivity contribution is 5.95. The van der Waals surface area contributed by atoms with E-state index in [0.717, 1.165) is 30.6 Å². The summed E-state index contributed by atoms with van der Waals surface area (Å²) in [5.41, 5.74) is 2.12. The Morgan fingerprint density at radius 2 is 1.79 bits per heavy atom. The van der Waals surface area contributed by atoms with Crippen LogP contribution in [0.3, 0.4) is 0 Å². The molecule has 2 aliphatic heterocycles. The molecule has 6 nitrogen and oxygen atoms in total. The van der Waals surface area contributed by atoms with Crippen molar-refractivity contribution in [3.8, 4) is 0 Å². The van der Waals surface area contributed by atoms with Gasteiger partial charge >= 0.3 is 0 Å². The molecule has 158 valence electrons. The van der Waals surface area contributed by atoms with Crippen molar-refractivity contribution >= 4 is 17.5 Å². The number of benzene rings is 1. The van der Waals surface area contributed by atoms with Gasteiger partial charge in [0.1, 0.15) is 0 Å². The van der Waals surface area contributed by atoms with Gasteiger partial charge in [-0.2, -0.15) is 0 Å². The zero-order chi connectivity index (χ0) is 20.6. The first-order chi connectivity index (χ1) is 13.7. The molecule has 1 aliphatic carbocycles. The Labute approximate surface area is 173 Å². The summed E-state index contributed by atoms with van der Waals surface area (Å²) in [6.07, 6.45) is 3.38. The summed E-state index contributed by atoms with van der Waals surface area (Å²) in [5, 5.41) is 3.17. The lowest BCUT2D eigenvalue weighted by Crippen LogP contribution is -2.43. The van der Waals surface area contributed by atoms with Crippen LogP contribution in [0.25, 0.3) is 0 Å². The smallest absolute Gasteiger partial charge is 0.254 e. The molecule has 1 saturated carbocycles. The number of anilines is 1. The third kappa shape index (κ3) is 4.42. The molecule has 1 N–H and O–H groups in total. The van der Waals surface area contributed by atoms with E-state index in [1.807, 2.05) is 29.2 Å². The van der Waals surface area contributed by atoms with Crippen LogP contribution in [-0.4, -0.2) is 67.0 Å². The van der Waals surface area contributed by atoms with Gasteiger partial charge in [0.05, 0.1) is 19.8 Å². The second-order valence-corrected chi connectivity index (χ2v) is 10.1. The van der Waals surface area contributed by atoms with Gasteiger partial charge in [0.15, 0.2) is 0 Å². The number of nitrogens with zero attached hydrogens (tertiary/aromatic N) is 2. The number of carbonyl (C=O) groups excluding carboxylic acids is 2. The maximum Gasteiger partial charge on any atom is 0.254 e. The Kier molecular flexibility index (Phi) is 5.32. The van der Waals surface area contributed by atoms with Gasteiger partial charge in [0.2, 0.25) is 5.91 Å². The van der Waals surface area contributed by atoms with Gasteiger partial charge in [0.25, 0.3) is 5.91 Å². The summed E-state index contributed by atoms with van der Waals surface area (Å²) < 4.78 is 5.28. The van der Waals surface area contributed by atoms with Gasteiger partial charge < -0.3 is 19.9 Å². The average Bonchev–Trinajstić information content (AvgIpc) is 2.95. The number of rotatable bonds is 4. The Bertz CT molecular complexity index is 770. The van der Waals surface area contributed by atoms with Crippen LogP contribution >= 0.6 is 0 Å². The van der Waals surface area contributed by atoms with Gasteiger partial charge in [-0.25, -0.2) is 0 Å². The van der Waals surface area contributed by atoms with E-state index in [0.29, 0.717) is 37.8 Å². The van der Waals surface area contributed by atoms with Crippen molar-refractivity contribution in [1.82, 2.24) is 9.80 Å². The second-order valence-electron chi connectivity index (χ2n) is 10.1. The van der Waals surface area contributed by atoms with Crippen molar-refractivity contribution in [1.29, 1.82) is 0 Å². The number of ether oxygens (including phenoxy) is 1. The van der Waals surface area contributed by atoms with Crippen LogP contribution in [0.15, 0.2) is 24.3 Å². The Morgan fingerprint density at radius 1 is 1.10 bits per heavy atom. The van der Waals surface area contributed by atoms with Crippen molar-refractivity contribution < 1.29 is 14.3 Å². The third-order valence-electron chi connectivity index (χ3n) is 6.62. The minimum atomic E-state index is 0.0775. The van der Waals surface area contributed by atoms with Crippen molar-refractivity contribution in [2.24, 2.45) is 10.8 Å². The van der Waals surface area contributed by atoms with E-state index in [1.54, 1.807) is 0 Å². The number of likely N-dealkylation sites (tertiary alicyclic amines) is 1. The molecule has 4 rings (SSSR count). The SMILES string of the molecule is CC1(C)CC2CC(C)(CN2C(=O)c2ccc(NCC(=O)N3CCOCC3)cc2)C1. The molecule has 2 unspecified atom stereocenters. The molecule has 3 fully saturated rings. The molecule has 1 aromatic rings. The van der Waals surface area contributed by atoms with Gasteiger partial charge in [-0.15, -0.1) is 0 Å². The van der Waals surface area contributed by atoms with E-state index in [1.165, 1.54) is 6.42 Å². The van der Waals surface area contributed by atoms with Gasteiger partial charge in [-0.05, 0) is 54.4 Å². The summed E-state index contributed by atoms with van der Waals surface area (Å²) in [6, 6.07) is 7.89. The lowest BCUT2D eigenvalue weighted by atomic mass is 9.65. The number of nitrogens with one attached hydrogen (secondary N) is 1. The van der Waals surface area contributed by atoms with Gasteiger partial charge in [-0.3, -0.25) is 9.59 Å². The minimum Gasteiger partial charge on any atom is -0.378 e. The molecule has 2 bridgehead atoms. The number of hydrogen-bond acceptors (Lipinski definition) is 4. The highest BCUT2D eigenvalue weighted by Gasteiger charge is 2.50. The molecule has 3 aliphatic rings. The van der Waals surface area contributed by atoms with E-state index >= 15 is 0 Å². The lowest BCUT2D eigenvalue weighted by Gasteiger charge is -2.39. The summed E-state index contributed by atoms with van der Waals surface area (Å²) in [4.78, 5) is 29.3. The van der Waals surface area contributed by atoms with Crippen LogP contribution in [0, 0.1) is 10.8 Å². The Morgan fingerprint density at radius 3 is 2.48 bits per heavy atom. The molecular formula is C23H33N3O3. The normalized spacial score (nSPS) is 28.3. The fourth-order valence-corrected chi connectivity index (χ4v) is 5.70. The highest BCUT2D eigenvalue weighted by atomic mass is 16.5. The predicted octanol–water partition coefficient (Wildman–Crippen LogP) is 3.00. The fraction of sp³-hybridized carbons (Fsp3) is 0.652. The Balaban J connectivity index is 1.35. The zero-order valence-corrected chi connectivity index (χ0v) is 17.9. The van der Waals surface area contributed by atoms with Crippen LogP contribution in [0.1, 0.15) is 50.4 Å². The van der Waals surface area contributed by atoms with E-state index in [2.05, 4.69) is 31.0 Å². The van der Waals surface area contributed by atoms with Crippen LogP contribution in [0.5, 0.6) is 0 Å². The van der Waals surface area contributed by atoms with Crippen molar-refractivity contribution in [3.05, 3.63) is 29.8 Å². The summed E-state index contributed by atoms with van der Waals surface area (Å²) in [5.74, 6) is 0.209. The van der Waals surface area contributed by atoms with E-state index in [-0.39, 0.29) is 23.8 Å². The second kappa shape index (κ2) is 7.63. The van der Waals surface area contributed by atoms with Crippen LogP contribution in [0.4, 0.5) is 5.69 Å². The first kappa shape index (κ1) is 20.2. The van der Waals surface area contributed by atoms with Crippen LogP contribution in [-0.2, 0) is 9.53 Å². The molecule has 0 radical (unpaired) electrons. The van der Waals surface area contributed by atoms with E-state index in [4.69, 9.17) is 4.74 Å². The Hall–Kier alpha value is -2.08. The maximum atomic E-state index is 13.2. The third-order valence-corrected chi connectivity index (χ3v) is 6.62. The first-order valence-electron chi connectivity index (χ1n) is 10.8. The topological polar surface area (TPSA) is 61.9 Å². The molecule has 2 saturated heterocycles. The predicted molar refractivity (Wildman–Crippen MR) is 113 cm³/mol. The quantitative estimate of drug-likeness (QED) is 0.846. The van der Waals surface area contributed by atoms with Crippen LogP contribution in [0.2, 0.25) is 0 Å². The van der Waals surface area contributed by atoms with Crippen LogP contribution < -0.4 is 5.32 Å². The van der Waals surface area contributed by atoms with E-state index in [9.17, 15) is 9.59 Å². The largest absolute Gasteiger partial charge is 0.378 e. The molecule has 29 heavy (non-hydrogen) atoms.